The molecule has 0 amide bonds. The van der Waals surface area contributed by atoms with Crippen molar-refractivity contribution < 1.29 is 12.8 Å². The summed E-state index contributed by atoms with van der Waals surface area (Å²) in [4.78, 5) is 0. The van der Waals surface area contributed by atoms with E-state index in [0.717, 1.165) is 12.8 Å². The molecule has 1 aromatic carbocycles. The highest BCUT2D eigenvalue weighted by atomic mass is 35.5. The Bertz CT molecular complexity index is 606. The zero-order valence-electron chi connectivity index (χ0n) is 12.3. The minimum Gasteiger partial charge on any atom is -0.313 e. The molecule has 0 radical (unpaired) electrons. The van der Waals surface area contributed by atoms with Gasteiger partial charge in [-0.3, -0.25) is 0 Å². The molecule has 1 aliphatic carbocycles. The van der Waals surface area contributed by atoms with Crippen LogP contribution in [0.15, 0.2) is 18.2 Å². The summed E-state index contributed by atoms with van der Waals surface area (Å²) in [6.07, 6.45) is 4.39. The SMILES string of the molecule is CNC(c1cccc(F)c1Cl)C1CCCC(S(C)(=O)=O)C1. The average molecular weight is 334 g/mol. The topological polar surface area (TPSA) is 46.2 Å². The lowest BCUT2D eigenvalue weighted by Gasteiger charge is -2.34. The van der Waals surface area contributed by atoms with Gasteiger partial charge in [-0.25, -0.2) is 12.8 Å². The predicted octanol–water partition coefficient (Wildman–Crippen LogP) is 3.34. The van der Waals surface area contributed by atoms with E-state index in [1.54, 1.807) is 19.2 Å². The molecule has 1 N–H and O–H groups in total. The zero-order valence-corrected chi connectivity index (χ0v) is 13.8. The Morgan fingerprint density at radius 1 is 1.38 bits per heavy atom. The second-order valence-corrected chi connectivity index (χ2v) is 8.49. The lowest BCUT2D eigenvalue weighted by molar-refractivity contribution is 0.282. The van der Waals surface area contributed by atoms with Gasteiger partial charge in [0, 0.05) is 12.3 Å². The Labute approximate surface area is 130 Å². The summed E-state index contributed by atoms with van der Waals surface area (Å²) in [5.74, 6) is -0.298. The van der Waals surface area contributed by atoms with Gasteiger partial charge in [0.25, 0.3) is 0 Å². The standard InChI is InChI=1S/C15H21ClFNO2S/c1-18-15(12-7-4-8-13(17)14(12)16)10-5-3-6-11(9-10)21(2,19)20/h4,7-8,10-11,15,18H,3,5-6,9H2,1-2H3. The molecule has 1 aromatic rings. The van der Waals surface area contributed by atoms with E-state index in [1.165, 1.54) is 12.3 Å². The van der Waals surface area contributed by atoms with E-state index in [4.69, 9.17) is 11.6 Å². The van der Waals surface area contributed by atoms with Gasteiger partial charge in [0.1, 0.15) is 15.7 Å². The van der Waals surface area contributed by atoms with E-state index in [1.807, 2.05) is 0 Å². The molecule has 0 saturated heterocycles. The summed E-state index contributed by atoms with van der Waals surface area (Å²) in [7, 11) is -1.23. The first-order valence-corrected chi connectivity index (χ1v) is 9.48. The van der Waals surface area contributed by atoms with Crippen LogP contribution in [0.1, 0.15) is 37.3 Å². The van der Waals surface area contributed by atoms with Crippen LogP contribution in [-0.4, -0.2) is 27.0 Å². The summed E-state index contributed by atoms with van der Waals surface area (Å²) >= 11 is 6.08. The number of rotatable bonds is 4. The van der Waals surface area contributed by atoms with E-state index in [-0.39, 0.29) is 22.2 Å². The fourth-order valence-corrected chi connectivity index (χ4v) is 4.71. The number of hydrogen-bond acceptors (Lipinski definition) is 3. The molecule has 6 heteroatoms. The molecule has 1 aliphatic rings. The van der Waals surface area contributed by atoms with Crippen molar-refractivity contribution in [3.05, 3.63) is 34.6 Å². The van der Waals surface area contributed by atoms with E-state index < -0.39 is 15.7 Å². The van der Waals surface area contributed by atoms with Gasteiger partial charge < -0.3 is 5.32 Å². The lowest BCUT2D eigenvalue weighted by Crippen LogP contribution is -2.34. The van der Waals surface area contributed by atoms with Crippen LogP contribution in [0.5, 0.6) is 0 Å². The Balaban J connectivity index is 2.27. The van der Waals surface area contributed by atoms with Crippen LogP contribution < -0.4 is 5.32 Å². The molecule has 1 saturated carbocycles. The van der Waals surface area contributed by atoms with Crippen LogP contribution in [0.3, 0.4) is 0 Å². The Morgan fingerprint density at radius 3 is 2.71 bits per heavy atom. The van der Waals surface area contributed by atoms with Crippen LogP contribution in [0, 0.1) is 11.7 Å². The molecule has 0 spiro atoms. The van der Waals surface area contributed by atoms with Gasteiger partial charge in [-0.1, -0.05) is 30.2 Å². The van der Waals surface area contributed by atoms with Crippen LogP contribution in [0.25, 0.3) is 0 Å². The molecule has 118 valence electrons. The second-order valence-electron chi connectivity index (χ2n) is 5.79. The first-order valence-electron chi connectivity index (χ1n) is 7.14. The molecule has 2 rings (SSSR count). The molecule has 0 aromatic heterocycles. The van der Waals surface area contributed by atoms with Crippen molar-refractivity contribution in [1.29, 1.82) is 0 Å². The summed E-state index contributed by atoms with van der Waals surface area (Å²) in [5, 5.41) is 3.00. The maximum atomic E-state index is 13.7. The van der Waals surface area contributed by atoms with Gasteiger partial charge in [-0.2, -0.15) is 0 Å². The molecule has 0 heterocycles. The highest BCUT2D eigenvalue weighted by Gasteiger charge is 2.34. The third kappa shape index (κ3) is 3.76. The van der Waals surface area contributed by atoms with Gasteiger partial charge in [-0.05, 0) is 43.9 Å². The van der Waals surface area contributed by atoms with E-state index in [2.05, 4.69) is 5.32 Å². The molecule has 3 nitrogen and oxygen atoms in total. The summed E-state index contributed by atoms with van der Waals surface area (Å²) in [6.45, 7) is 0. The lowest BCUT2D eigenvalue weighted by atomic mass is 9.81. The van der Waals surface area contributed by atoms with Crippen molar-refractivity contribution in [2.24, 2.45) is 5.92 Å². The molecule has 1 fully saturated rings. The van der Waals surface area contributed by atoms with E-state index in [0.29, 0.717) is 18.4 Å². The maximum absolute atomic E-state index is 13.7. The zero-order chi connectivity index (χ0) is 15.6. The van der Waals surface area contributed by atoms with E-state index in [9.17, 15) is 12.8 Å². The molecule has 3 atom stereocenters. The van der Waals surface area contributed by atoms with Crippen molar-refractivity contribution in [1.82, 2.24) is 5.32 Å². The van der Waals surface area contributed by atoms with Crippen LogP contribution >= 0.6 is 11.6 Å². The number of hydrogen-bond donors (Lipinski definition) is 1. The van der Waals surface area contributed by atoms with Gasteiger partial charge >= 0.3 is 0 Å². The molecule has 3 unspecified atom stereocenters. The smallest absolute Gasteiger partial charge is 0.150 e. The predicted molar refractivity (Wildman–Crippen MR) is 83.8 cm³/mol. The van der Waals surface area contributed by atoms with E-state index >= 15 is 0 Å². The number of nitrogens with one attached hydrogen (secondary N) is 1. The molecular formula is C15H21ClFNO2S. The minimum absolute atomic E-state index is 0.123. The van der Waals surface area contributed by atoms with Crippen molar-refractivity contribution >= 4 is 21.4 Å². The number of halogens is 2. The fraction of sp³-hybridized carbons (Fsp3) is 0.600. The van der Waals surface area contributed by atoms with Crippen molar-refractivity contribution in [2.75, 3.05) is 13.3 Å². The van der Waals surface area contributed by atoms with Gasteiger partial charge in [0.05, 0.1) is 10.3 Å². The van der Waals surface area contributed by atoms with Crippen LogP contribution in [-0.2, 0) is 9.84 Å². The normalized spacial score (nSPS) is 24.8. The average Bonchev–Trinajstić information content (AvgIpc) is 2.44. The van der Waals surface area contributed by atoms with Gasteiger partial charge in [0.2, 0.25) is 0 Å². The largest absolute Gasteiger partial charge is 0.313 e. The van der Waals surface area contributed by atoms with Gasteiger partial charge in [-0.15, -0.1) is 0 Å². The van der Waals surface area contributed by atoms with Gasteiger partial charge in [0.15, 0.2) is 0 Å². The number of benzene rings is 1. The van der Waals surface area contributed by atoms with Crippen LogP contribution in [0.2, 0.25) is 5.02 Å². The third-order valence-electron chi connectivity index (χ3n) is 4.37. The first-order chi connectivity index (χ1) is 9.84. The van der Waals surface area contributed by atoms with Crippen molar-refractivity contribution in [2.45, 2.75) is 37.0 Å². The maximum Gasteiger partial charge on any atom is 0.150 e. The minimum atomic E-state index is -3.04. The molecular weight excluding hydrogens is 313 g/mol. The third-order valence-corrected chi connectivity index (χ3v) is 6.41. The van der Waals surface area contributed by atoms with Crippen LogP contribution in [0.4, 0.5) is 4.39 Å². The summed E-state index contributed by atoms with van der Waals surface area (Å²) < 4.78 is 37.2. The van der Waals surface area contributed by atoms with Crippen molar-refractivity contribution in [3.8, 4) is 0 Å². The molecule has 21 heavy (non-hydrogen) atoms. The second kappa shape index (κ2) is 6.63. The summed E-state index contributed by atoms with van der Waals surface area (Å²) in [5.41, 5.74) is 0.707. The highest BCUT2D eigenvalue weighted by molar-refractivity contribution is 7.91. The quantitative estimate of drug-likeness (QED) is 0.919. The Morgan fingerprint density at radius 2 is 2.10 bits per heavy atom. The first kappa shape index (κ1) is 16.7. The molecule has 0 bridgehead atoms. The molecule has 0 aliphatic heterocycles. The van der Waals surface area contributed by atoms with Crippen molar-refractivity contribution in [3.63, 3.8) is 0 Å². The monoisotopic (exact) mass is 333 g/mol. The summed E-state index contributed by atoms with van der Waals surface area (Å²) in [6, 6.07) is 4.64. The fourth-order valence-electron chi connectivity index (χ4n) is 3.28. The number of sulfone groups is 1. The Hall–Kier alpha value is -0.650. The highest BCUT2D eigenvalue weighted by Crippen LogP contribution is 2.39. The Kier molecular flexibility index (Phi) is 5.28.